The second-order valence-electron chi connectivity index (χ2n) is 11.9. The van der Waals surface area contributed by atoms with Gasteiger partial charge in [-0.25, -0.2) is 18.9 Å². The Labute approximate surface area is 231 Å². The lowest BCUT2D eigenvalue weighted by atomic mass is 9.70. The molecule has 0 aromatic heterocycles. The Balaban J connectivity index is 1.96. The van der Waals surface area contributed by atoms with Crippen molar-refractivity contribution in [2.24, 2.45) is 10.8 Å². The van der Waals surface area contributed by atoms with E-state index in [1.165, 1.54) is 0 Å². The van der Waals surface area contributed by atoms with Gasteiger partial charge in [0.05, 0.1) is 24.3 Å². The van der Waals surface area contributed by atoms with E-state index < -0.39 is 6.43 Å². The summed E-state index contributed by atoms with van der Waals surface area (Å²) in [5.74, 6) is 0. The predicted octanol–water partition coefficient (Wildman–Crippen LogP) is 7.94. The van der Waals surface area contributed by atoms with Crippen LogP contribution in [0.4, 0.5) is 8.78 Å². The monoisotopic (exact) mass is 530 g/mol. The lowest BCUT2D eigenvalue weighted by Crippen LogP contribution is -2.30. The highest BCUT2D eigenvalue weighted by atomic mass is 19.3. The van der Waals surface area contributed by atoms with Crippen LogP contribution in [0, 0.1) is 62.7 Å². The van der Waals surface area contributed by atoms with Crippen LogP contribution in [0.5, 0.6) is 0 Å². The highest BCUT2D eigenvalue weighted by Gasteiger charge is 2.36. The van der Waals surface area contributed by atoms with E-state index >= 15 is 0 Å². The molecule has 0 unspecified atom stereocenters. The van der Waals surface area contributed by atoms with Gasteiger partial charge in [0.2, 0.25) is 0 Å². The van der Waals surface area contributed by atoms with Crippen molar-refractivity contribution in [2.75, 3.05) is 6.54 Å². The molecule has 0 aromatic rings. The molecular weight excluding hydrogens is 494 g/mol. The molecule has 39 heavy (non-hydrogen) atoms. The van der Waals surface area contributed by atoms with Crippen LogP contribution in [-0.2, 0) is 0 Å². The number of hydrogen-bond acceptors (Lipinski definition) is 5. The molecule has 0 bridgehead atoms. The number of halogens is 2. The van der Waals surface area contributed by atoms with E-state index in [4.69, 9.17) is 6.57 Å². The summed E-state index contributed by atoms with van der Waals surface area (Å²) in [6, 6.07) is 7.92. The van der Waals surface area contributed by atoms with Crippen molar-refractivity contribution in [1.29, 1.82) is 21.0 Å². The minimum Gasteiger partial charge on any atom is -0.388 e. The molecular formula is C31H36F2N6. The molecule has 2 rings (SSSR count). The number of unbranched alkanes of at least 4 members (excludes halogenated alkanes) is 4. The molecule has 8 heteroatoms. The Morgan fingerprint density at radius 3 is 2.03 bits per heavy atom. The van der Waals surface area contributed by atoms with Crippen molar-refractivity contribution in [2.45, 2.75) is 98.3 Å². The van der Waals surface area contributed by atoms with Gasteiger partial charge in [-0.15, -0.1) is 0 Å². The van der Waals surface area contributed by atoms with Crippen LogP contribution >= 0.6 is 0 Å². The third-order valence-corrected chi connectivity index (χ3v) is 7.32. The number of alkyl halides is 2. The molecule has 0 atom stereocenters. The maximum atomic E-state index is 14.0. The molecule has 1 N–H and O–H groups in total. The van der Waals surface area contributed by atoms with E-state index in [2.05, 4.69) is 30.1 Å². The molecule has 0 aromatic carbocycles. The minimum atomic E-state index is -2.76. The van der Waals surface area contributed by atoms with E-state index in [1.807, 2.05) is 26.0 Å². The zero-order valence-electron chi connectivity index (χ0n) is 23.3. The van der Waals surface area contributed by atoms with Crippen molar-refractivity contribution >= 4 is 0 Å². The summed E-state index contributed by atoms with van der Waals surface area (Å²) in [4.78, 5) is 3.20. The molecule has 0 radical (unpaired) electrons. The number of nitrogens with one attached hydrogen (secondary N) is 1. The van der Waals surface area contributed by atoms with Gasteiger partial charge in [0, 0.05) is 17.8 Å². The zero-order valence-corrected chi connectivity index (χ0v) is 23.3. The SMILES string of the molecule is [C-]#[N+]/C(C#N)=C1\CC(C)(C)CC(NCCCCCCCC2=C(C#N)C(=C(C#N)C#N)CC(C)(C)C2)=C1C(F)F. The summed E-state index contributed by atoms with van der Waals surface area (Å²) in [6.45, 7) is 15.9. The summed E-state index contributed by atoms with van der Waals surface area (Å²) < 4.78 is 28.0. The molecule has 204 valence electrons. The lowest BCUT2D eigenvalue weighted by molar-refractivity contribution is 0.181. The van der Waals surface area contributed by atoms with Crippen LogP contribution in [0.15, 0.2) is 44.8 Å². The Hall–Kier alpha value is -3.93. The summed E-state index contributed by atoms with van der Waals surface area (Å²) >= 11 is 0. The summed E-state index contributed by atoms with van der Waals surface area (Å²) in [6.07, 6.45) is 4.52. The fourth-order valence-electron chi connectivity index (χ4n) is 5.66. The standard InChI is InChI=1S/C31H36F2N6/c1-30(2)13-21(25(19-36)23(14-30)22(17-34)18-35)11-9-7-6-8-10-12-39-26-16-31(3,4)15-24(27(20-37)38-5)28(26)29(32)33/h29,39H,6-16H2,1-4H3/b27-24+. The molecule has 0 saturated carbocycles. The van der Waals surface area contributed by atoms with Crippen LogP contribution in [0.1, 0.15) is 91.9 Å². The molecule has 0 spiro atoms. The van der Waals surface area contributed by atoms with Gasteiger partial charge in [-0.3, -0.25) is 0 Å². The number of nitriles is 4. The maximum Gasteiger partial charge on any atom is 0.265 e. The Kier molecular flexibility index (Phi) is 11.0. The van der Waals surface area contributed by atoms with Crippen molar-refractivity contribution in [1.82, 2.24) is 5.32 Å². The summed E-state index contributed by atoms with van der Waals surface area (Å²) in [5, 5.41) is 40.9. The van der Waals surface area contributed by atoms with Crippen molar-refractivity contribution in [3.63, 3.8) is 0 Å². The van der Waals surface area contributed by atoms with Crippen LogP contribution in [0.2, 0.25) is 0 Å². The van der Waals surface area contributed by atoms with E-state index in [9.17, 15) is 29.8 Å². The van der Waals surface area contributed by atoms with Crippen LogP contribution in [0.25, 0.3) is 4.85 Å². The first-order chi connectivity index (χ1) is 18.4. The largest absolute Gasteiger partial charge is 0.388 e. The molecule has 0 heterocycles. The molecule has 6 nitrogen and oxygen atoms in total. The van der Waals surface area contributed by atoms with Crippen molar-refractivity contribution < 1.29 is 8.78 Å². The average molecular weight is 531 g/mol. The van der Waals surface area contributed by atoms with Gasteiger partial charge in [-0.05, 0) is 66.9 Å². The van der Waals surface area contributed by atoms with Gasteiger partial charge >= 0.3 is 0 Å². The number of hydrogen-bond donors (Lipinski definition) is 1. The first-order valence-electron chi connectivity index (χ1n) is 13.4. The van der Waals surface area contributed by atoms with Crippen molar-refractivity contribution in [3.8, 4) is 24.3 Å². The summed E-state index contributed by atoms with van der Waals surface area (Å²) in [5.41, 5.74) is 1.80. The fourth-order valence-corrected chi connectivity index (χ4v) is 5.66. The molecule has 0 amide bonds. The molecule has 0 aliphatic heterocycles. The molecule has 2 aliphatic rings. The topological polar surface area (TPSA) is 112 Å². The highest BCUT2D eigenvalue weighted by Crippen LogP contribution is 2.45. The Morgan fingerprint density at radius 1 is 0.872 bits per heavy atom. The van der Waals surface area contributed by atoms with Gasteiger partial charge in [-0.1, -0.05) is 52.5 Å². The maximum absolute atomic E-state index is 14.0. The first kappa shape index (κ1) is 31.3. The predicted molar refractivity (Wildman–Crippen MR) is 145 cm³/mol. The lowest BCUT2D eigenvalue weighted by Gasteiger charge is -2.35. The smallest absolute Gasteiger partial charge is 0.265 e. The fraction of sp³-hybridized carbons (Fsp3) is 0.581. The molecule has 0 fully saturated rings. The average Bonchev–Trinajstić information content (AvgIpc) is 2.85. The van der Waals surface area contributed by atoms with Gasteiger partial charge in [-0.2, -0.15) is 15.8 Å². The first-order valence-corrected chi connectivity index (χ1v) is 13.4. The van der Waals surface area contributed by atoms with E-state index in [0.29, 0.717) is 36.2 Å². The third kappa shape index (κ3) is 8.28. The number of nitrogens with zero attached hydrogens (tertiary/aromatic N) is 5. The van der Waals surface area contributed by atoms with Gasteiger partial charge in [0.15, 0.2) is 0 Å². The van der Waals surface area contributed by atoms with Crippen LogP contribution in [-0.4, -0.2) is 13.0 Å². The van der Waals surface area contributed by atoms with E-state index in [1.54, 1.807) is 6.07 Å². The molecule has 2 aliphatic carbocycles. The van der Waals surface area contributed by atoms with E-state index in [-0.39, 0.29) is 39.7 Å². The van der Waals surface area contributed by atoms with Crippen LogP contribution < -0.4 is 5.32 Å². The Morgan fingerprint density at radius 2 is 1.46 bits per heavy atom. The molecule has 0 saturated heterocycles. The quantitative estimate of drug-likeness (QED) is 0.175. The normalized spacial score (nSPS) is 19.4. The van der Waals surface area contributed by atoms with E-state index in [0.717, 1.165) is 50.5 Å². The Bertz CT molecular complexity index is 1260. The minimum absolute atomic E-state index is 0.0244. The van der Waals surface area contributed by atoms with Gasteiger partial charge in [0.25, 0.3) is 12.1 Å². The van der Waals surface area contributed by atoms with Gasteiger partial charge < -0.3 is 5.32 Å². The summed E-state index contributed by atoms with van der Waals surface area (Å²) in [7, 11) is 0. The van der Waals surface area contributed by atoms with Gasteiger partial charge in [0.1, 0.15) is 17.7 Å². The second kappa shape index (κ2) is 13.7. The second-order valence-corrected chi connectivity index (χ2v) is 11.9. The third-order valence-electron chi connectivity index (χ3n) is 7.32. The zero-order chi connectivity index (χ0) is 29.2. The number of rotatable bonds is 10. The highest BCUT2D eigenvalue weighted by molar-refractivity contribution is 5.57. The van der Waals surface area contributed by atoms with Crippen LogP contribution in [0.3, 0.4) is 0 Å². The van der Waals surface area contributed by atoms with Crippen molar-refractivity contribution in [3.05, 3.63) is 56.2 Å². The number of allylic oxidation sites excluding steroid dienone is 8.